The fraction of sp³-hybridized carbons (Fsp3) is 0.417. The molecule has 0 heterocycles. The molecule has 0 aromatic heterocycles. The third-order valence-corrected chi connectivity index (χ3v) is 2.62. The van der Waals surface area contributed by atoms with E-state index in [1.165, 1.54) is 12.1 Å². The largest absolute Gasteiger partial charge is 0.396 e. The molecule has 0 aliphatic carbocycles. The summed E-state index contributed by atoms with van der Waals surface area (Å²) < 4.78 is 13.1. The zero-order valence-electron chi connectivity index (χ0n) is 9.75. The van der Waals surface area contributed by atoms with Crippen molar-refractivity contribution in [1.82, 2.24) is 5.32 Å². The molecule has 0 saturated heterocycles. The van der Waals surface area contributed by atoms with E-state index in [2.05, 4.69) is 5.32 Å². The molecule has 0 aliphatic rings. The van der Waals surface area contributed by atoms with Crippen LogP contribution in [0.15, 0.2) is 18.2 Å². The van der Waals surface area contributed by atoms with Gasteiger partial charge in [0, 0.05) is 11.6 Å². The number of carbonyl (C=O) groups is 1. The summed E-state index contributed by atoms with van der Waals surface area (Å²) in [5.41, 5.74) is 5.67. The van der Waals surface area contributed by atoms with Crippen molar-refractivity contribution in [2.75, 3.05) is 5.73 Å². The van der Waals surface area contributed by atoms with E-state index in [1.807, 2.05) is 20.8 Å². The number of rotatable bonds is 3. The Morgan fingerprint density at radius 2 is 2.00 bits per heavy atom. The lowest BCUT2D eigenvalue weighted by Crippen LogP contribution is -2.36. The van der Waals surface area contributed by atoms with Gasteiger partial charge in [-0.15, -0.1) is 0 Å². The summed E-state index contributed by atoms with van der Waals surface area (Å²) >= 11 is 0. The Kier molecular flexibility index (Phi) is 3.88. The second-order valence-electron chi connectivity index (χ2n) is 4.24. The van der Waals surface area contributed by atoms with Crippen molar-refractivity contribution in [1.29, 1.82) is 0 Å². The van der Waals surface area contributed by atoms with Gasteiger partial charge in [0.2, 0.25) is 0 Å². The van der Waals surface area contributed by atoms with Crippen molar-refractivity contribution < 1.29 is 9.18 Å². The molecule has 1 amide bonds. The molecule has 0 fully saturated rings. The standard InChI is InChI=1S/C12H17FN2O/c1-7(2)8(3)15-12(16)9-4-5-11(14)10(13)6-9/h4-8H,14H2,1-3H3,(H,15,16). The van der Waals surface area contributed by atoms with Crippen LogP contribution in [0.5, 0.6) is 0 Å². The Balaban J connectivity index is 2.77. The monoisotopic (exact) mass is 224 g/mol. The van der Waals surface area contributed by atoms with Crippen molar-refractivity contribution in [2.24, 2.45) is 5.92 Å². The van der Waals surface area contributed by atoms with E-state index in [9.17, 15) is 9.18 Å². The van der Waals surface area contributed by atoms with Crippen LogP contribution in [-0.2, 0) is 0 Å². The smallest absolute Gasteiger partial charge is 0.251 e. The average molecular weight is 224 g/mol. The average Bonchev–Trinajstić information content (AvgIpc) is 2.21. The summed E-state index contributed by atoms with van der Waals surface area (Å²) in [6.07, 6.45) is 0. The van der Waals surface area contributed by atoms with Gasteiger partial charge in [0.15, 0.2) is 0 Å². The number of hydrogen-bond donors (Lipinski definition) is 2. The number of amides is 1. The minimum absolute atomic E-state index is 0.0492. The van der Waals surface area contributed by atoms with Crippen molar-refractivity contribution in [3.05, 3.63) is 29.6 Å². The quantitative estimate of drug-likeness (QED) is 0.773. The Morgan fingerprint density at radius 1 is 1.38 bits per heavy atom. The van der Waals surface area contributed by atoms with Gasteiger partial charge in [-0.25, -0.2) is 4.39 Å². The second-order valence-corrected chi connectivity index (χ2v) is 4.24. The molecule has 88 valence electrons. The molecule has 0 spiro atoms. The van der Waals surface area contributed by atoms with Gasteiger partial charge in [0.25, 0.3) is 5.91 Å². The number of halogens is 1. The van der Waals surface area contributed by atoms with Crippen molar-refractivity contribution in [3.63, 3.8) is 0 Å². The van der Waals surface area contributed by atoms with Crippen molar-refractivity contribution in [2.45, 2.75) is 26.8 Å². The maximum atomic E-state index is 13.1. The highest BCUT2D eigenvalue weighted by Crippen LogP contribution is 2.12. The molecule has 4 heteroatoms. The lowest BCUT2D eigenvalue weighted by atomic mass is 10.1. The Bertz CT molecular complexity index is 391. The normalized spacial score (nSPS) is 12.6. The molecular formula is C12H17FN2O. The summed E-state index contributed by atoms with van der Waals surface area (Å²) in [5.74, 6) is -0.507. The summed E-state index contributed by atoms with van der Waals surface area (Å²) in [6.45, 7) is 5.93. The number of carbonyl (C=O) groups excluding carboxylic acids is 1. The first-order chi connectivity index (χ1) is 7.41. The molecule has 3 N–H and O–H groups in total. The molecule has 0 aliphatic heterocycles. The molecule has 0 bridgehead atoms. The van der Waals surface area contributed by atoms with E-state index in [1.54, 1.807) is 0 Å². The fourth-order valence-corrected chi connectivity index (χ4v) is 1.13. The maximum Gasteiger partial charge on any atom is 0.251 e. The van der Waals surface area contributed by atoms with Crippen LogP contribution in [0.2, 0.25) is 0 Å². The summed E-state index contributed by atoms with van der Waals surface area (Å²) in [4.78, 5) is 11.7. The number of nitrogens with one attached hydrogen (secondary N) is 1. The lowest BCUT2D eigenvalue weighted by molar-refractivity contribution is 0.0930. The topological polar surface area (TPSA) is 55.1 Å². The van der Waals surface area contributed by atoms with Gasteiger partial charge >= 0.3 is 0 Å². The summed E-state index contributed by atoms with van der Waals surface area (Å²) in [7, 11) is 0. The number of hydrogen-bond acceptors (Lipinski definition) is 2. The predicted octanol–water partition coefficient (Wildman–Crippen LogP) is 2.18. The van der Waals surface area contributed by atoms with Gasteiger partial charge in [0.1, 0.15) is 5.82 Å². The molecule has 0 radical (unpaired) electrons. The lowest BCUT2D eigenvalue weighted by Gasteiger charge is -2.17. The van der Waals surface area contributed by atoms with Gasteiger partial charge in [-0.2, -0.15) is 0 Å². The van der Waals surface area contributed by atoms with Crippen LogP contribution in [0, 0.1) is 11.7 Å². The third-order valence-electron chi connectivity index (χ3n) is 2.62. The van der Waals surface area contributed by atoms with Crippen LogP contribution >= 0.6 is 0 Å². The van der Waals surface area contributed by atoms with E-state index in [-0.39, 0.29) is 17.6 Å². The minimum Gasteiger partial charge on any atom is -0.396 e. The molecule has 16 heavy (non-hydrogen) atoms. The molecular weight excluding hydrogens is 207 g/mol. The van der Waals surface area contributed by atoms with Gasteiger partial charge in [-0.1, -0.05) is 13.8 Å². The van der Waals surface area contributed by atoms with Crippen LogP contribution in [0.4, 0.5) is 10.1 Å². The fourth-order valence-electron chi connectivity index (χ4n) is 1.13. The Labute approximate surface area is 94.8 Å². The van der Waals surface area contributed by atoms with Crippen LogP contribution < -0.4 is 11.1 Å². The molecule has 0 saturated carbocycles. The Hall–Kier alpha value is -1.58. The minimum atomic E-state index is -0.565. The maximum absolute atomic E-state index is 13.1. The molecule has 1 rings (SSSR count). The van der Waals surface area contributed by atoms with Gasteiger partial charge in [-0.05, 0) is 31.0 Å². The first kappa shape index (κ1) is 12.5. The predicted molar refractivity (Wildman–Crippen MR) is 62.6 cm³/mol. The molecule has 3 nitrogen and oxygen atoms in total. The number of nitrogen functional groups attached to an aromatic ring is 1. The number of anilines is 1. The zero-order valence-corrected chi connectivity index (χ0v) is 9.75. The highest BCUT2D eigenvalue weighted by molar-refractivity contribution is 5.94. The molecule has 1 aromatic carbocycles. The van der Waals surface area contributed by atoms with E-state index in [4.69, 9.17) is 5.73 Å². The second kappa shape index (κ2) is 4.96. The number of benzene rings is 1. The highest BCUT2D eigenvalue weighted by Gasteiger charge is 2.13. The summed E-state index contributed by atoms with van der Waals surface area (Å²) in [6, 6.07) is 4.11. The van der Waals surface area contributed by atoms with Crippen LogP contribution in [0.1, 0.15) is 31.1 Å². The first-order valence-electron chi connectivity index (χ1n) is 5.27. The summed E-state index contributed by atoms with van der Waals surface area (Å²) in [5, 5.41) is 2.80. The Morgan fingerprint density at radius 3 is 2.50 bits per heavy atom. The molecule has 1 atom stereocenters. The van der Waals surface area contributed by atoms with Gasteiger partial charge < -0.3 is 11.1 Å². The van der Waals surface area contributed by atoms with Crippen LogP contribution in [-0.4, -0.2) is 11.9 Å². The van der Waals surface area contributed by atoms with Crippen molar-refractivity contribution >= 4 is 11.6 Å². The van der Waals surface area contributed by atoms with Crippen LogP contribution in [0.25, 0.3) is 0 Å². The van der Waals surface area contributed by atoms with E-state index < -0.39 is 5.82 Å². The van der Waals surface area contributed by atoms with Gasteiger partial charge in [0.05, 0.1) is 5.69 Å². The van der Waals surface area contributed by atoms with Gasteiger partial charge in [-0.3, -0.25) is 4.79 Å². The zero-order chi connectivity index (χ0) is 12.3. The third kappa shape index (κ3) is 2.95. The van der Waals surface area contributed by atoms with E-state index >= 15 is 0 Å². The SMILES string of the molecule is CC(C)C(C)NC(=O)c1ccc(N)c(F)c1. The molecule has 1 aromatic rings. The van der Waals surface area contributed by atoms with Crippen molar-refractivity contribution in [3.8, 4) is 0 Å². The van der Waals surface area contributed by atoms with E-state index in [0.717, 1.165) is 6.07 Å². The first-order valence-corrected chi connectivity index (χ1v) is 5.27. The highest BCUT2D eigenvalue weighted by atomic mass is 19.1. The number of nitrogens with two attached hydrogens (primary N) is 1. The van der Waals surface area contributed by atoms with E-state index in [0.29, 0.717) is 11.5 Å². The van der Waals surface area contributed by atoms with Crippen LogP contribution in [0.3, 0.4) is 0 Å². The molecule has 1 unspecified atom stereocenters.